The lowest BCUT2D eigenvalue weighted by Gasteiger charge is -2.47. The average molecular weight is 295 g/mol. The molecule has 2 N–H and O–H groups in total. The Morgan fingerprint density at radius 2 is 2.00 bits per heavy atom. The van der Waals surface area contributed by atoms with Crippen molar-refractivity contribution >= 4 is 12.0 Å². The van der Waals surface area contributed by atoms with E-state index >= 15 is 0 Å². The molecule has 6 nitrogen and oxygen atoms in total. The van der Waals surface area contributed by atoms with Gasteiger partial charge in [0, 0.05) is 24.7 Å². The van der Waals surface area contributed by atoms with E-state index in [4.69, 9.17) is 5.11 Å². The summed E-state index contributed by atoms with van der Waals surface area (Å²) in [4.78, 5) is 26.8. The van der Waals surface area contributed by atoms with Crippen LogP contribution in [0.2, 0.25) is 0 Å². The summed E-state index contributed by atoms with van der Waals surface area (Å²) in [6.07, 6.45) is 7.09. The molecule has 2 fully saturated rings. The number of carbonyl (C=O) groups excluding carboxylic acids is 1. The molecule has 0 radical (unpaired) electrons. The Hall–Kier alpha value is -1.56. The van der Waals surface area contributed by atoms with Gasteiger partial charge >= 0.3 is 12.0 Å². The number of hydrogen-bond acceptors (Lipinski definition) is 3. The first-order valence-electron chi connectivity index (χ1n) is 7.61. The molecule has 2 heterocycles. The summed E-state index contributed by atoms with van der Waals surface area (Å²) in [5.74, 6) is -1.01. The van der Waals surface area contributed by atoms with Crippen LogP contribution in [0.25, 0.3) is 0 Å². The lowest BCUT2D eigenvalue weighted by atomic mass is 9.82. The smallest absolute Gasteiger partial charge is 0.323 e. The number of urea groups is 1. The molecule has 6 heteroatoms. The molecule has 0 aromatic heterocycles. The summed E-state index contributed by atoms with van der Waals surface area (Å²) in [5.41, 5.74) is 0. The fraction of sp³-hybridized carbons (Fsp3) is 0.733. The molecule has 118 valence electrons. The molecule has 0 saturated carbocycles. The number of amides is 2. The van der Waals surface area contributed by atoms with E-state index in [1.54, 1.807) is 6.08 Å². The first kappa shape index (κ1) is 15.8. The molecule has 0 aromatic rings. The van der Waals surface area contributed by atoms with Gasteiger partial charge < -0.3 is 20.2 Å². The van der Waals surface area contributed by atoms with Crippen LogP contribution in [0.1, 0.15) is 32.1 Å². The normalized spacial score (nSPS) is 28.7. The summed E-state index contributed by atoms with van der Waals surface area (Å²) in [7, 11) is 2.17. The van der Waals surface area contributed by atoms with Crippen molar-refractivity contribution in [3.05, 3.63) is 12.7 Å². The van der Waals surface area contributed by atoms with E-state index in [0.29, 0.717) is 12.1 Å². The second kappa shape index (κ2) is 6.93. The van der Waals surface area contributed by atoms with Gasteiger partial charge in [0.25, 0.3) is 0 Å². The Kier molecular flexibility index (Phi) is 5.22. The zero-order valence-electron chi connectivity index (χ0n) is 12.6. The van der Waals surface area contributed by atoms with Crippen molar-refractivity contribution in [2.24, 2.45) is 0 Å². The number of carboxylic acids is 1. The second-order valence-corrected chi connectivity index (χ2v) is 6.08. The third-order valence-electron chi connectivity index (χ3n) is 4.63. The highest BCUT2D eigenvalue weighted by molar-refractivity contribution is 5.80. The van der Waals surface area contributed by atoms with Gasteiger partial charge in [-0.2, -0.15) is 0 Å². The fourth-order valence-electron chi connectivity index (χ4n) is 3.54. The zero-order valence-corrected chi connectivity index (χ0v) is 12.6. The van der Waals surface area contributed by atoms with Crippen LogP contribution in [0, 0.1) is 0 Å². The maximum atomic E-state index is 12.2. The van der Waals surface area contributed by atoms with Gasteiger partial charge in [-0.25, -0.2) is 4.79 Å². The van der Waals surface area contributed by atoms with Gasteiger partial charge in [-0.3, -0.25) is 4.79 Å². The van der Waals surface area contributed by atoms with Crippen LogP contribution >= 0.6 is 0 Å². The minimum absolute atomic E-state index is 0.144. The van der Waals surface area contributed by atoms with E-state index in [0.717, 1.165) is 12.8 Å². The summed E-state index contributed by atoms with van der Waals surface area (Å²) in [5, 5.41) is 11.9. The van der Waals surface area contributed by atoms with E-state index in [1.807, 2.05) is 0 Å². The molecule has 0 aliphatic carbocycles. The molecule has 2 amide bonds. The molecule has 2 unspecified atom stereocenters. The summed E-state index contributed by atoms with van der Waals surface area (Å²) >= 11 is 0. The van der Waals surface area contributed by atoms with Crippen LogP contribution in [0.5, 0.6) is 0 Å². The molecule has 2 saturated heterocycles. The standard InChI is InChI=1S/C15H25N3O3/c1-3-7-18(10-14(19)20)15(21)16-11-8-12-5-4-6-13(9-11)17(12)2/h3,11-13H,1,4-10H2,2H3,(H,16,21)(H,19,20). The molecule has 0 spiro atoms. The van der Waals surface area contributed by atoms with E-state index < -0.39 is 5.97 Å². The van der Waals surface area contributed by atoms with Crippen molar-refractivity contribution in [3.8, 4) is 0 Å². The molecule has 2 bridgehead atoms. The first-order chi connectivity index (χ1) is 10.0. The molecule has 21 heavy (non-hydrogen) atoms. The maximum Gasteiger partial charge on any atom is 0.323 e. The predicted molar refractivity (Wildman–Crippen MR) is 80.1 cm³/mol. The zero-order chi connectivity index (χ0) is 15.4. The van der Waals surface area contributed by atoms with E-state index in [-0.39, 0.29) is 25.2 Å². The Morgan fingerprint density at radius 3 is 2.52 bits per heavy atom. The van der Waals surface area contributed by atoms with Crippen LogP contribution in [-0.2, 0) is 4.79 Å². The lowest BCUT2D eigenvalue weighted by Crippen LogP contribution is -2.57. The summed E-state index contributed by atoms with van der Waals surface area (Å²) < 4.78 is 0. The van der Waals surface area contributed by atoms with Crippen LogP contribution in [0.4, 0.5) is 4.79 Å². The highest BCUT2D eigenvalue weighted by atomic mass is 16.4. The summed E-state index contributed by atoms with van der Waals surface area (Å²) in [6, 6.07) is 0.917. The van der Waals surface area contributed by atoms with Crippen LogP contribution < -0.4 is 5.32 Å². The highest BCUT2D eigenvalue weighted by Crippen LogP contribution is 2.32. The molecule has 2 rings (SSSR count). The fourth-order valence-corrected chi connectivity index (χ4v) is 3.54. The Morgan fingerprint density at radius 1 is 1.38 bits per heavy atom. The predicted octanol–water partition coefficient (Wildman–Crippen LogP) is 1.28. The number of hydrogen-bond donors (Lipinski definition) is 2. The maximum absolute atomic E-state index is 12.2. The number of piperidine rings is 2. The average Bonchev–Trinajstić information content (AvgIpc) is 2.39. The monoisotopic (exact) mass is 295 g/mol. The number of rotatable bonds is 5. The number of carboxylic acid groups (broad SMARTS) is 1. The van der Waals surface area contributed by atoms with Crippen LogP contribution in [0.3, 0.4) is 0 Å². The molecule has 0 aromatic carbocycles. The molecule has 2 atom stereocenters. The van der Waals surface area contributed by atoms with Gasteiger partial charge in [0.05, 0.1) is 0 Å². The van der Waals surface area contributed by atoms with Gasteiger partial charge in [-0.1, -0.05) is 12.5 Å². The third-order valence-corrected chi connectivity index (χ3v) is 4.63. The Bertz CT molecular complexity index is 399. The lowest BCUT2D eigenvalue weighted by molar-refractivity contribution is -0.137. The minimum atomic E-state index is -1.01. The summed E-state index contributed by atoms with van der Waals surface area (Å²) in [6.45, 7) is 3.53. The van der Waals surface area contributed by atoms with Gasteiger partial charge in [-0.05, 0) is 32.7 Å². The third kappa shape index (κ3) is 3.97. The Balaban J connectivity index is 1.92. The number of carbonyl (C=O) groups is 2. The number of aliphatic carboxylic acids is 1. The van der Waals surface area contributed by atoms with Gasteiger partial charge in [0.2, 0.25) is 0 Å². The topological polar surface area (TPSA) is 72.9 Å². The van der Waals surface area contributed by atoms with Gasteiger partial charge in [0.15, 0.2) is 0 Å². The quantitative estimate of drug-likeness (QED) is 0.750. The first-order valence-corrected chi connectivity index (χ1v) is 7.61. The van der Waals surface area contributed by atoms with Crippen LogP contribution in [0.15, 0.2) is 12.7 Å². The van der Waals surface area contributed by atoms with Crippen molar-refractivity contribution in [3.63, 3.8) is 0 Å². The molecular formula is C15H25N3O3. The van der Waals surface area contributed by atoms with Gasteiger partial charge in [0.1, 0.15) is 6.54 Å². The Labute approximate surface area is 125 Å². The van der Waals surface area contributed by atoms with Crippen molar-refractivity contribution in [1.82, 2.24) is 15.1 Å². The molecule has 2 aliphatic heterocycles. The minimum Gasteiger partial charge on any atom is -0.480 e. The van der Waals surface area contributed by atoms with Crippen molar-refractivity contribution < 1.29 is 14.7 Å². The number of nitrogens with zero attached hydrogens (tertiary/aromatic N) is 2. The van der Waals surface area contributed by atoms with E-state index in [2.05, 4.69) is 23.8 Å². The van der Waals surface area contributed by atoms with Crippen molar-refractivity contribution in [2.45, 2.75) is 50.2 Å². The molecular weight excluding hydrogens is 270 g/mol. The largest absolute Gasteiger partial charge is 0.480 e. The SMILES string of the molecule is C=CCN(CC(=O)O)C(=O)NC1CC2CCCC(C1)N2C. The highest BCUT2D eigenvalue weighted by Gasteiger charge is 2.36. The van der Waals surface area contributed by atoms with Crippen molar-refractivity contribution in [2.75, 3.05) is 20.1 Å². The second-order valence-electron chi connectivity index (χ2n) is 6.08. The van der Waals surface area contributed by atoms with E-state index in [9.17, 15) is 9.59 Å². The number of nitrogens with one attached hydrogen (secondary N) is 1. The van der Waals surface area contributed by atoms with Crippen molar-refractivity contribution in [1.29, 1.82) is 0 Å². The molecule has 2 aliphatic rings. The van der Waals surface area contributed by atoms with Gasteiger partial charge in [-0.15, -0.1) is 6.58 Å². The number of fused-ring (bicyclic) bond motifs is 2. The van der Waals surface area contributed by atoms with Crippen LogP contribution in [-0.4, -0.2) is 65.2 Å². The van der Waals surface area contributed by atoms with E-state index in [1.165, 1.54) is 24.2 Å².